The molecule has 0 saturated carbocycles. The van der Waals surface area contributed by atoms with E-state index >= 15 is 0 Å². The van der Waals surface area contributed by atoms with Crippen LogP contribution in [0.3, 0.4) is 0 Å². The van der Waals surface area contributed by atoms with Crippen LogP contribution in [0, 0.1) is 6.92 Å². The number of hydrogen-bond acceptors (Lipinski definition) is 1. The van der Waals surface area contributed by atoms with Gasteiger partial charge in [0.25, 0.3) is 0 Å². The molecule has 1 N–H and O–H groups in total. The zero-order valence-corrected chi connectivity index (χ0v) is 11.5. The van der Waals surface area contributed by atoms with Gasteiger partial charge in [0, 0.05) is 17.5 Å². The van der Waals surface area contributed by atoms with E-state index in [2.05, 4.69) is 71.1 Å². The van der Waals surface area contributed by atoms with Gasteiger partial charge in [0.05, 0.1) is 0 Å². The maximum Gasteiger partial charge on any atom is 0.00968 e. The summed E-state index contributed by atoms with van der Waals surface area (Å²) in [4.78, 5) is 0. The van der Waals surface area contributed by atoms with Gasteiger partial charge < -0.3 is 5.32 Å². The molecule has 0 amide bonds. The second kappa shape index (κ2) is 4.58. The van der Waals surface area contributed by atoms with Crippen molar-refractivity contribution in [3.63, 3.8) is 0 Å². The van der Waals surface area contributed by atoms with E-state index in [-0.39, 0.29) is 11.0 Å². The second-order valence-electron chi connectivity index (χ2n) is 6.30. The van der Waals surface area contributed by atoms with E-state index in [0.717, 1.165) is 6.54 Å². The SMILES string of the molecule is Cc1ccccc1C(C)(C)CNC(C)(C)C. The third-order valence-corrected chi connectivity index (χ3v) is 2.93. The summed E-state index contributed by atoms with van der Waals surface area (Å²) in [6.45, 7) is 14.4. The molecule has 0 bridgehead atoms. The van der Waals surface area contributed by atoms with Crippen LogP contribution in [-0.2, 0) is 5.41 Å². The van der Waals surface area contributed by atoms with Gasteiger partial charge in [-0.2, -0.15) is 0 Å². The average molecular weight is 219 g/mol. The van der Waals surface area contributed by atoms with Crippen molar-refractivity contribution in [2.45, 2.75) is 52.5 Å². The summed E-state index contributed by atoms with van der Waals surface area (Å²) in [6, 6.07) is 8.65. The van der Waals surface area contributed by atoms with Crippen LogP contribution < -0.4 is 5.32 Å². The molecule has 1 rings (SSSR count). The molecule has 0 aliphatic heterocycles. The number of nitrogens with one attached hydrogen (secondary N) is 1. The van der Waals surface area contributed by atoms with Crippen molar-refractivity contribution in [2.24, 2.45) is 0 Å². The fraction of sp³-hybridized carbons (Fsp3) is 0.600. The quantitative estimate of drug-likeness (QED) is 0.818. The van der Waals surface area contributed by atoms with Gasteiger partial charge in [0.15, 0.2) is 0 Å². The standard InChI is InChI=1S/C15H25N/c1-12-9-7-8-10-13(12)15(5,6)11-16-14(2,3)4/h7-10,16H,11H2,1-6H3. The Morgan fingerprint density at radius 3 is 2.06 bits per heavy atom. The third kappa shape index (κ3) is 3.64. The normalized spacial score (nSPS) is 12.9. The summed E-state index contributed by atoms with van der Waals surface area (Å²) in [5, 5.41) is 3.59. The summed E-state index contributed by atoms with van der Waals surface area (Å²) in [7, 11) is 0. The highest BCUT2D eigenvalue weighted by Gasteiger charge is 2.23. The molecule has 0 aromatic heterocycles. The van der Waals surface area contributed by atoms with E-state index in [9.17, 15) is 0 Å². The van der Waals surface area contributed by atoms with Crippen molar-refractivity contribution in [3.05, 3.63) is 35.4 Å². The van der Waals surface area contributed by atoms with Gasteiger partial charge in [0.2, 0.25) is 0 Å². The number of rotatable bonds is 3. The highest BCUT2D eigenvalue weighted by Crippen LogP contribution is 2.25. The Labute approximate surface area is 100 Å². The first-order chi connectivity index (χ1) is 7.22. The van der Waals surface area contributed by atoms with Gasteiger partial charge in [-0.1, -0.05) is 38.1 Å². The summed E-state index contributed by atoms with van der Waals surface area (Å²) < 4.78 is 0. The van der Waals surface area contributed by atoms with E-state index in [4.69, 9.17) is 0 Å². The molecule has 0 fully saturated rings. The van der Waals surface area contributed by atoms with Crippen LogP contribution >= 0.6 is 0 Å². The van der Waals surface area contributed by atoms with Crippen molar-refractivity contribution in [1.29, 1.82) is 0 Å². The monoisotopic (exact) mass is 219 g/mol. The molecule has 0 spiro atoms. The molecule has 0 aliphatic carbocycles. The Kier molecular flexibility index (Phi) is 3.80. The maximum atomic E-state index is 3.59. The lowest BCUT2D eigenvalue weighted by Gasteiger charge is -2.32. The van der Waals surface area contributed by atoms with E-state index in [1.54, 1.807) is 0 Å². The molecule has 0 atom stereocenters. The van der Waals surface area contributed by atoms with E-state index < -0.39 is 0 Å². The lowest BCUT2D eigenvalue weighted by atomic mass is 9.81. The lowest BCUT2D eigenvalue weighted by Crippen LogP contribution is -2.43. The van der Waals surface area contributed by atoms with Gasteiger partial charge in [-0.25, -0.2) is 0 Å². The molecular formula is C15H25N. The van der Waals surface area contributed by atoms with Crippen LogP contribution in [0.2, 0.25) is 0 Å². The molecule has 0 saturated heterocycles. The van der Waals surface area contributed by atoms with Crippen LogP contribution in [0.1, 0.15) is 45.7 Å². The third-order valence-electron chi connectivity index (χ3n) is 2.93. The van der Waals surface area contributed by atoms with E-state index in [1.165, 1.54) is 11.1 Å². The Morgan fingerprint density at radius 2 is 1.56 bits per heavy atom. The Balaban J connectivity index is 2.82. The number of benzene rings is 1. The predicted octanol–water partition coefficient (Wildman–Crippen LogP) is 3.66. The molecule has 1 aromatic carbocycles. The number of aryl methyl sites for hydroxylation is 1. The summed E-state index contributed by atoms with van der Waals surface area (Å²) in [6.07, 6.45) is 0. The first-order valence-corrected chi connectivity index (χ1v) is 6.03. The van der Waals surface area contributed by atoms with E-state index in [1.807, 2.05) is 0 Å². The lowest BCUT2D eigenvalue weighted by molar-refractivity contribution is 0.362. The fourth-order valence-electron chi connectivity index (χ4n) is 1.91. The van der Waals surface area contributed by atoms with E-state index in [0.29, 0.717) is 0 Å². The minimum absolute atomic E-state index is 0.179. The molecule has 16 heavy (non-hydrogen) atoms. The van der Waals surface area contributed by atoms with Crippen molar-refractivity contribution in [1.82, 2.24) is 5.32 Å². The largest absolute Gasteiger partial charge is 0.311 e. The fourth-order valence-corrected chi connectivity index (χ4v) is 1.91. The number of hydrogen-bond donors (Lipinski definition) is 1. The van der Waals surface area contributed by atoms with Gasteiger partial charge in [-0.3, -0.25) is 0 Å². The first-order valence-electron chi connectivity index (χ1n) is 6.03. The average Bonchev–Trinajstić information content (AvgIpc) is 2.14. The highest BCUT2D eigenvalue weighted by molar-refractivity contribution is 5.32. The van der Waals surface area contributed by atoms with Gasteiger partial charge in [-0.05, 0) is 38.8 Å². The van der Waals surface area contributed by atoms with Crippen LogP contribution in [-0.4, -0.2) is 12.1 Å². The molecule has 0 unspecified atom stereocenters. The van der Waals surface area contributed by atoms with Crippen molar-refractivity contribution in [3.8, 4) is 0 Å². The van der Waals surface area contributed by atoms with Gasteiger partial charge in [-0.15, -0.1) is 0 Å². The van der Waals surface area contributed by atoms with Crippen molar-refractivity contribution >= 4 is 0 Å². The minimum atomic E-state index is 0.179. The zero-order valence-electron chi connectivity index (χ0n) is 11.5. The summed E-state index contributed by atoms with van der Waals surface area (Å²) >= 11 is 0. The van der Waals surface area contributed by atoms with Crippen LogP contribution in [0.25, 0.3) is 0 Å². The molecule has 0 radical (unpaired) electrons. The van der Waals surface area contributed by atoms with Crippen LogP contribution in [0.4, 0.5) is 0 Å². The van der Waals surface area contributed by atoms with Crippen molar-refractivity contribution < 1.29 is 0 Å². The first kappa shape index (κ1) is 13.2. The topological polar surface area (TPSA) is 12.0 Å². The van der Waals surface area contributed by atoms with Crippen LogP contribution in [0.5, 0.6) is 0 Å². The molecular weight excluding hydrogens is 194 g/mol. The summed E-state index contributed by atoms with van der Waals surface area (Å²) in [5.41, 5.74) is 3.17. The molecule has 0 aliphatic rings. The van der Waals surface area contributed by atoms with Gasteiger partial charge in [0.1, 0.15) is 0 Å². The zero-order chi connectivity index (χ0) is 12.4. The predicted molar refractivity (Wildman–Crippen MR) is 72.0 cm³/mol. The molecule has 1 aromatic rings. The molecule has 0 heterocycles. The minimum Gasteiger partial charge on any atom is -0.311 e. The Bertz CT molecular complexity index is 345. The Morgan fingerprint density at radius 1 is 1.00 bits per heavy atom. The highest BCUT2D eigenvalue weighted by atomic mass is 15.0. The molecule has 90 valence electrons. The van der Waals surface area contributed by atoms with Gasteiger partial charge >= 0.3 is 0 Å². The molecule has 1 heteroatoms. The smallest absolute Gasteiger partial charge is 0.00968 e. The Hall–Kier alpha value is -0.820. The van der Waals surface area contributed by atoms with Crippen molar-refractivity contribution in [2.75, 3.05) is 6.54 Å². The summed E-state index contributed by atoms with van der Waals surface area (Å²) in [5.74, 6) is 0. The maximum absolute atomic E-state index is 3.59. The van der Waals surface area contributed by atoms with Crippen LogP contribution in [0.15, 0.2) is 24.3 Å². The second-order valence-corrected chi connectivity index (χ2v) is 6.30. The molecule has 1 nitrogen and oxygen atoms in total.